The number of nitrogens with one attached hydrogen (secondary N) is 1. The van der Waals surface area contributed by atoms with Crippen molar-refractivity contribution in [2.24, 2.45) is 0 Å². The van der Waals surface area contributed by atoms with E-state index in [9.17, 15) is 13.2 Å². The van der Waals surface area contributed by atoms with Gasteiger partial charge in [-0.1, -0.05) is 49.1 Å². The Balaban J connectivity index is 1.44. The Kier molecular flexibility index (Phi) is 6.72. The molecule has 1 aliphatic carbocycles. The number of hydrogen-bond acceptors (Lipinski definition) is 4. The SMILES string of the molecule is O=C(COc1ccc(S(=O)(=O)N2CCCc3ccccc32)cc1Cl)NC1CCCCC1. The Hall–Kier alpha value is -2.25. The third kappa shape index (κ3) is 4.99. The van der Waals surface area contributed by atoms with E-state index in [0.717, 1.165) is 44.1 Å². The summed E-state index contributed by atoms with van der Waals surface area (Å²) >= 11 is 6.31. The number of fused-ring (bicyclic) bond motifs is 1. The highest BCUT2D eigenvalue weighted by atomic mass is 35.5. The second kappa shape index (κ2) is 9.49. The largest absolute Gasteiger partial charge is 0.482 e. The maximum Gasteiger partial charge on any atom is 0.264 e. The molecule has 2 aliphatic rings. The van der Waals surface area contributed by atoms with Crippen LogP contribution in [0.3, 0.4) is 0 Å². The average Bonchev–Trinajstić information content (AvgIpc) is 2.78. The molecular weight excluding hydrogens is 436 g/mol. The molecule has 4 rings (SSSR count). The highest BCUT2D eigenvalue weighted by molar-refractivity contribution is 7.92. The van der Waals surface area contributed by atoms with E-state index in [4.69, 9.17) is 16.3 Å². The molecule has 0 aromatic heterocycles. The normalized spacial score (nSPS) is 17.1. The van der Waals surface area contributed by atoms with Crippen molar-refractivity contribution >= 4 is 33.2 Å². The lowest BCUT2D eigenvalue weighted by molar-refractivity contribution is -0.124. The standard InChI is InChI=1S/C23H27ClN2O4S/c24-20-15-19(31(28,29)26-14-6-8-17-7-4-5-11-21(17)26)12-13-22(20)30-16-23(27)25-18-9-2-1-3-10-18/h4-5,7,11-13,15,18H,1-3,6,8-10,14,16H2,(H,25,27). The third-order valence-corrected chi connectivity index (χ3v) is 7.99. The van der Waals surface area contributed by atoms with E-state index in [0.29, 0.717) is 18.0 Å². The van der Waals surface area contributed by atoms with Gasteiger partial charge < -0.3 is 10.1 Å². The van der Waals surface area contributed by atoms with E-state index in [1.165, 1.54) is 28.9 Å². The molecule has 1 saturated carbocycles. The monoisotopic (exact) mass is 462 g/mol. The molecule has 0 bridgehead atoms. The average molecular weight is 463 g/mol. The Morgan fingerprint density at radius 1 is 1.10 bits per heavy atom. The second-order valence-electron chi connectivity index (χ2n) is 8.09. The van der Waals surface area contributed by atoms with Gasteiger partial charge in [0.15, 0.2) is 6.61 Å². The molecule has 0 atom stereocenters. The fraction of sp³-hybridized carbons (Fsp3) is 0.435. The molecule has 2 aromatic carbocycles. The third-order valence-electron chi connectivity index (χ3n) is 5.89. The lowest BCUT2D eigenvalue weighted by Crippen LogP contribution is -2.39. The van der Waals surface area contributed by atoms with Crippen molar-refractivity contribution in [1.29, 1.82) is 0 Å². The summed E-state index contributed by atoms with van der Waals surface area (Å²) in [5, 5.41) is 3.15. The van der Waals surface area contributed by atoms with E-state index >= 15 is 0 Å². The van der Waals surface area contributed by atoms with Crippen LogP contribution in [0.1, 0.15) is 44.1 Å². The van der Waals surface area contributed by atoms with E-state index in [1.807, 2.05) is 24.3 Å². The summed E-state index contributed by atoms with van der Waals surface area (Å²) in [7, 11) is -3.75. The van der Waals surface area contributed by atoms with Gasteiger partial charge in [0.1, 0.15) is 5.75 Å². The number of benzene rings is 2. The first-order valence-electron chi connectivity index (χ1n) is 10.8. The van der Waals surface area contributed by atoms with Gasteiger partial charge in [-0.3, -0.25) is 9.10 Å². The van der Waals surface area contributed by atoms with E-state index < -0.39 is 10.0 Å². The van der Waals surface area contributed by atoms with Crippen LogP contribution in [0.4, 0.5) is 5.69 Å². The van der Waals surface area contributed by atoms with Gasteiger partial charge in [0.25, 0.3) is 15.9 Å². The minimum absolute atomic E-state index is 0.105. The van der Waals surface area contributed by atoms with Gasteiger partial charge in [0.2, 0.25) is 0 Å². The van der Waals surface area contributed by atoms with Crippen LogP contribution in [-0.2, 0) is 21.2 Å². The molecule has 1 fully saturated rings. The lowest BCUT2D eigenvalue weighted by Gasteiger charge is -2.30. The zero-order valence-electron chi connectivity index (χ0n) is 17.3. The van der Waals surface area contributed by atoms with Gasteiger partial charge >= 0.3 is 0 Å². The number of para-hydroxylation sites is 1. The summed E-state index contributed by atoms with van der Waals surface area (Å²) < 4.78 is 33.5. The van der Waals surface area contributed by atoms with Gasteiger partial charge in [0.05, 0.1) is 15.6 Å². The molecule has 166 valence electrons. The quantitative estimate of drug-likeness (QED) is 0.694. The van der Waals surface area contributed by atoms with E-state index in [2.05, 4.69) is 5.32 Å². The number of anilines is 1. The molecule has 2 aromatic rings. The van der Waals surface area contributed by atoms with Crippen LogP contribution >= 0.6 is 11.6 Å². The molecule has 6 nitrogen and oxygen atoms in total. The highest BCUT2D eigenvalue weighted by Gasteiger charge is 2.29. The Bertz CT molecular complexity index is 1050. The Morgan fingerprint density at radius 3 is 2.65 bits per heavy atom. The minimum atomic E-state index is -3.75. The van der Waals surface area contributed by atoms with Crippen molar-refractivity contribution < 1.29 is 17.9 Å². The van der Waals surface area contributed by atoms with Crippen molar-refractivity contribution in [3.05, 3.63) is 53.1 Å². The van der Waals surface area contributed by atoms with E-state index in [1.54, 1.807) is 0 Å². The number of carbonyl (C=O) groups excluding carboxylic acids is 1. The number of halogens is 1. The summed E-state index contributed by atoms with van der Waals surface area (Å²) in [5.41, 5.74) is 1.73. The molecule has 0 unspecified atom stereocenters. The Morgan fingerprint density at radius 2 is 1.87 bits per heavy atom. The number of sulfonamides is 1. The first-order valence-corrected chi connectivity index (χ1v) is 12.6. The van der Waals surface area contributed by atoms with Crippen molar-refractivity contribution in [3.63, 3.8) is 0 Å². The van der Waals surface area contributed by atoms with Crippen molar-refractivity contribution in [2.75, 3.05) is 17.5 Å². The smallest absolute Gasteiger partial charge is 0.264 e. The number of rotatable bonds is 6. The van der Waals surface area contributed by atoms with Gasteiger partial charge in [-0.05, 0) is 55.5 Å². The molecule has 1 N–H and O–H groups in total. The number of ether oxygens (including phenoxy) is 1. The van der Waals surface area contributed by atoms with Crippen molar-refractivity contribution in [1.82, 2.24) is 5.32 Å². The van der Waals surface area contributed by atoms with Crippen molar-refractivity contribution in [2.45, 2.75) is 55.9 Å². The van der Waals surface area contributed by atoms with Gasteiger partial charge in [0, 0.05) is 12.6 Å². The number of hydrogen-bond donors (Lipinski definition) is 1. The predicted octanol–water partition coefficient (Wildman–Crippen LogP) is 4.31. The van der Waals surface area contributed by atoms with Crippen LogP contribution in [0.2, 0.25) is 5.02 Å². The highest BCUT2D eigenvalue weighted by Crippen LogP contribution is 2.34. The molecule has 1 amide bonds. The summed E-state index contributed by atoms with van der Waals surface area (Å²) in [6.07, 6.45) is 7.11. The number of amides is 1. The van der Waals surface area contributed by atoms with Crippen LogP contribution in [0.5, 0.6) is 5.75 Å². The molecule has 8 heteroatoms. The second-order valence-corrected chi connectivity index (χ2v) is 10.4. The molecule has 0 spiro atoms. The molecule has 0 radical (unpaired) electrons. The summed E-state index contributed by atoms with van der Waals surface area (Å²) in [5.74, 6) is 0.100. The molecule has 1 heterocycles. The van der Waals surface area contributed by atoms with Crippen LogP contribution in [0, 0.1) is 0 Å². The van der Waals surface area contributed by atoms with Gasteiger partial charge in [-0.25, -0.2) is 8.42 Å². The first kappa shape index (κ1) is 22.0. The summed E-state index contributed by atoms with van der Waals surface area (Å²) in [6, 6.07) is 12.1. The van der Waals surface area contributed by atoms with Crippen molar-refractivity contribution in [3.8, 4) is 5.75 Å². The fourth-order valence-electron chi connectivity index (χ4n) is 4.29. The van der Waals surface area contributed by atoms with E-state index in [-0.39, 0.29) is 28.5 Å². The molecule has 1 aliphatic heterocycles. The summed E-state index contributed by atoms with van der Waals surface area (Å²) in [6.45, 7) is 0.276. The maximum absolute atomic E-state index is 13.3. The van der Waals surface area contributed by atoms with Gasteiger partial charge in [-0.2, -0.15) is 0 Å². The fourth-order valence-corrected chi connectivity index (χ4v) is 6.16. The number of nitrogens with zero attached hydrogens (tertiary/aromatic N) is 1. The maximum atomic E-state index is 13.3. The molecular formula is C23H27ClN2O4S. The predicted molar refractivity (Wildman–Crippen MR) is 121 cm³/mol. The first-order chi connectivity index (χ1) is 14.9. The minimum Gasteiger partial charge on any atom is -0.482 e. The van der Waals surface area contributed by atoms with Crippen LogP contribution < -0.4 is 14.4 Å². The molecule has 0 saturated heterocycles. The number of carbonyl (C=O) groups is 1. The van der Waals surface area contributed by atoms with Crippen LogP contribution in [0.15, 0.2) is 47.4 Å². The zero-order chi connectivity index (χ0) is 21.8. The Labute approximate surface area is 188 Å². The van der Waals surface area contributed by atoms with Gasteiger partial charge in [-0.15, -0.1) is 0 Å². The van der Waals surface area contributed by atoms with Crippen LogP contribution in [-0.4, -0.2) is 33.5 Å². The molecule has 31 heavy (non-hydrogen) atoms. The van der Waals surface area contributed by atoms with Crippen LogP contribution in [0.25, 0.3) is 0 Å². The number of aryl methyl sites for hydroxylation is 1. The lowest BCUT2D eigenvalue weighted by atomic mass is 9.95. The zero-order valence-corrected chi connectivity index (χ0v) is 18.9. The topological polar surface area (TPSA) is 75.7 Å². The summed E-state index contributed by atoms with van der Waals surface area (Å²) in [4.78, 5) is 12.3.